The van der Waals surface area contributed by atoms with E-state index in [1.54, 1.807) is 7.11 Å². The number of amides is 1. The SMILES string of the molecule is COc1ccc(Cn2cc(CC3CCN(C(=O)OC(C)(C)C)CC3)c(C)n2)cc1. The second-order valence-electron chi connectivity index (χ2n) is 8.90. The Morgan fingerprint density at radius 2 is 1.83 bits per heavy atom. The van der Waals surface area contributed by atoms with Crippen molar-refractivity contribution in [1.82, 2.24) is 14.7 Å². The molecule has 1 aromatic carbocycles. The van der Waals surface area contributed by atoms with Crippen molar-refractivity contribution in [2.75, 3.05) is 20.2 Å². The van der Waals surface area contributed by atoms with Gasteiger partial charge in [0.25, 0.3) is 0 Å². The van der Waals surface area contributed by atoms with Gasteiger partial charge in [0.05, 0.1) is 19.3 Å². The van der Waals surface area contributed by atoms with Crippen molar-refractivity contribution >= 4 is 6.09 Å². The van der Waals surface area contributed by atoms with Crippen molar-refractivity contribution in [2.45, 2.75) is 59.1 Å². The maximum absolute atomic E-state index is 12.2. The van der Waals surface area contributed by atoms with Gasteiger partial charge in [-0.25, -0.2) is 4.79 Å². The number of aromatic nitrogens is 2. The molecule has 1 saturated heterocycles. The van der Waals surface area contributed by atoms with E-state index in [-0.39, 0.29) is 6.09 Å². The average Bonchev–Trinajstić information content (AvgIpc) is 3.00. The Hall–Kier alpha value is -2.50. The third-order valence-corrected chi connectivity index (χ3v) is 5.33. The molecule has 2 heterocycles. The molecule has 0 spiro atoms. The van der Waals surface area contributed by atoms with Crippen LogP contribution in [0.25, 0.3) is 0 Å². The quantitative estimate of drug-likeness (QED) is 0.746. The van der Waals surface area contributed by atoms with Crippen LogP contribution in [0, 0.1) is 12.8 Å². The fraction of sp³-hybridized carbons (Fsp3) is 0.565. The van der Waals surface area contributed by atoms with Crippen LogP contribution in [-0.4, -0.2) is 46.6 Å². The Labute approximate surface area is 173 Å². The van der Waals surface area contributed by atoms with Crippen LogP contribution in [0.5, 0.6) is 5.75 Å². The van der Waals surface area contributed by atoms with Gasteiger partial charge < -0.3 is 14.4 Å². The molecule has 29 heavy (non-hydrogen) atoms. The van der Waals surface area contributed by atoms with E-state index in [9.17, 15) is 4.79 Å². The number of nitrogens with zero attached hydrogens (tertiary/aromatic N) is 3. The minimum Gasteiger partial charge on any atom is -0.497 e. The van der Waals surface area contributed by atoms with Crippen LogP contribution in [0.3, 0.4) is 0 Å². The van der Waals surface area contributed by atoms with Crippen molar-refractivity contribution in [1.29, 1.82) is 0 Å². The summed E-state index contributed by atoms with van der Waals surface area (Å²) in [6.07, 6.45) is 4.99. The first-order valence-electron chi connectivity index (χ1n) is 10.4. The number of hydrogen-bond donors (Lipinski definition) is 0. The molecular formula is C23H33N3O3. The number of likely N-dealkylation sites (tertiary alicyclic amines) is 1. The summed E-state index contributed by atoms with van der Waals surface area (Å²) in [6.45, 7) is 10.1. The smallest absolute Gasteiger partial charge is 0.410 e. The Morgan fingerprint density at radius 3 is 2.41 bits per heavy atom. The number of carbonyl (C=O) groups excluding carboxylic acids is 1. The lowest BCUT2D eigenvalue weighted by Gasteiger charge is -2.33. The van der Waals surface area contributed by atoms with Gasteiger partial charge >= 0.3 is 6.09 Å². The summed E-state index contributed by atoms with van der Waals surface area (Å²) in [4.78, 5) is 14.1. The van der Waals surface area contributed by atoms with E-state index in [0.717, 1.165) is 50.3 Å². The first-order valence-corrected chi connectivity index (χ1v) is 10.4. The molecule has 0 unspecified atom stereocenters. The number of methoxy groups -OCH3 is 1. The number of aryl methyl sites for hydroxylation is 1. The summed E-state index contributed by atoms with van der Waals surface area (Å²) in [5, 5.41) is 4.70. The molecule has 0 bridgehead atoms. The predicted molar refractivity (Wildman–Crippen MR) is 113 cm³/mol. The summed E-state index contributed by atoms with van der Waals surface area (Å²) in [5.74, 6) is 1.44. The summed E-state index contributed by atoms with van der Waals surface area (Å²) < 4.78 is 12.7. The monoisotopic (exact) mass is 399 g/mol. The fourth-order valence-electron chi connectivity index (χ4n) is 3.72. The number of ether oxygens (including phenoxy) is 2. The number of carbonyl (C=O) groups is 1. The summed E-state index contributed by atoms with van der Waals surface area (Å²) in [5.41, 5.74) is 3.15. The molecule has 0 saturated carbocycles. The summed E-state index contributed by atoms with van der Waals surface area (Å²) in [7, 11) is 1.68. The first kappa shape index (κ1) is 21.2. The zero-order valence-corrected chi connectivity index (χ0v) is 18.3. The molecule has 0 radical (unpaired) electrons. The highest BCUT2D eigenvalue weighted by atomic mass is 16.6. The zero-order valence-electron chi connectivity index (χ0n) is 18.3. The van der Waals surface area contributed by atoms with Crippen LogP contribution in [0.2, 0.25) is 0 Å². The Kier molecular flexibility index (Phi) is 6.50. The Bertz CT molecular complexity index is 813. The molecule has 2 aromatic rings. The third-order valence-electron chi connectivity index (χ3n) is 5.33. The van der Waals surface area contributed by atoms with Gasteiger partial charge in [-0.15, -0.1) is 0 Å². The molecule has 1 fully saturated rings. The maximum atomic E-state index is 12.2. The molecule has 158 valence electrons. The fourth-order valence-corrected chi connectivity index (χ4v) is 3.72. The van der Waals surface area contributed by atoms with Crippen LogP contribution in [-0.2, 0) is 17.7 Å². The van der Waals surface area contributed by atoms with Gasteiger partial charge in [0.2, 0.25) is 0 Å². The number of piperidine rings is 1. The maximum Gasteiger partial charge on any atom is 0.410 e. The highest BCUT2D eigenvalue weighted by Crippen LogP contribution is 2.24. The molecule has 6 nitrogen and oxygen atoms in total. The predicted octanol–water partition coefficient (Wildman–Crippen LogP) is 4.44. The van der Waals surface area contributed by atoms with Crippen LogP contribution in [0.1, 0.15) is 50.4 Å². The Morgan fingerprint density at radius 1 is 1.17 bits per heavy atom. The highest BCUT2D eigenvalue weighted by molar-refractivity contribution is 5.68. The van der Waals surface area contributed by atoms with Crippen LogP contribution >= 0.6 is 0 Å². The summed E-state index contributed by atoms with van der Waals surface area (Å²) in [6, 6.07) is 8.10. The van der Waals surface area contributed by atoms with Gasteiger partial charge in [-0.1, -0.05) is 12.1 Å². The largest absolute Gasteiger partial charge is 0.497 e. The number of rotatable bonds is 5. The van der Waals surface area contributed by atoms with E-state index < -0.39 is 5.60 Å². The molecule has 0 atom stereocenters. The second kappa shape index (κ2) is 8.89. The lowest BCUT2D eigenvalue weighted by Crippen LogP contribution is -2.42. The minimum absolute atomic E-state index is 0.195. The summed E-state index contributed by atoms with van der Waals surface area (Å²) >= 11 is 0. The van der Waals surface area contributed by atoms with Crippen molar-refractivity contribution in [3.05, 3.63) is 47.3 Å². The van der Waals surface area contributed by atoms with E-state index >= 15 is 0 Å². The lowest BCUT2D eigenvalue weighted by molar-refractivity contribution is 0.0184. The molecule has 1 aromatic heterocycles. The zero-order chi connectivity index (χ0) is 21.0. The van der Waals surface area contributed by atoms with E-state index in [1.807, 2.05) is 42.5 Å². The second-order valence-corrected chi connectivity index (χ2v) is 8.90. The molecule has 0 aliphatic carbocycles. The number of hydrogen-bond acceptors (Lipinski definition) is 4. The van der Waals surface area contributed by atoms with Crippen molar-refractivity contribution < 1.29 is 14.3 Å². The molecular weight excluding hydrogens is 366 g/mol. The van der Waals surface area contributed by atoms with Crippen molar-refractivity contribution in [3.63, 3.8) is 0 Å². The van der Waals surface area contributed by atoms with Gasteiger partial charge in [-0.3, -0.25) is 4.68 Å². The van der Waals surface area contributed by atoms with Gasteiger partial charge in [-0.2, -0.15) is 5.10 Å². The minimum atomic E-state index is -0.441. The highest BCUT2D eigenvalue weighted by Gasteiger charge is 2.27. The number of benzene rings is 1. The van der Waals surface area contributed by atoms with E-state index in [0.29, 0.717) is 5.92 Å². The van der Waals surface area contributed by atoms with Crippen LogP contribution in [0.15, 0.2) is 30.5 Å². The van der Waals surface area contributed by atoms with E-state index in [1.165, 1.54) is 11.1 Å². The molecule has 1 aliphatic heterocycles. The average molecular weight is 400 g/mol. The first-order chi connectivity index (χ1) is 13.7. The topological polar surface area (TPSA) is 56.6 Å². The molecule has 3 rings (SSSR count). The van der Waals surface area contributed by atoms with Gasteiger partial charge in [0.1, 0.15) is 11.4 Å². The molecule has 1 amide bonds. The normalized spacial score (nSPS) is 15.4. The van der Waals surface area contributed by atoms with Gasteiger partial charge in [0.15, 0.2) is 0 Å². The van der Waals surface area contributed by atoms with E-state index in [4.69, 9.17) is 14.6 Å². The molecule has 6 heteroatoms. The molecule has 1 aliphatic rings. The van der Waals surface area contributed by atoms with Crippen molar-refractivity contribution in [3.8, 4) is 5.75 Å². The molecule has 0 N–H and O–H groups in total. The Balaban J connectivity index is 1.53. The lowest BCUT2D eigenvalue weighted by atomic mass is 9.90. The van der Waals surface area contributed by atoms with Gasteiger partial charge in [0, 0.05) is 19.3 Å². The third kappa shape index (κ3) is 5.99. The van der Waals surface area contributed by atoms with Gasteiger partial charge in [-0.05, 0) is 76.1 Å². The standard InChI is InChI=1S/C23H33N3O3/c1-17-20(16-26(24-17)15-19-6-8-21(28-5)9-7-19)14-18-10-12-25(13-11-18)22(27)29-23(2,3)4/h6-9,16,18H,10-15H2,1-5H3. The van der Waals surface area contributed by atoms with Crippen LogP contribution in [0.4, 0.5) is 4.79 Å². The van der Waals surface area contributed by atoms with Crippen LogP contribution < -0.4 is 4.74 Å². The van der Waals surface area contributed by atoms with Crippen molar-refractivity contribution in [2.24, 2.45) is 5.92 Å². The van der Waals surface area contributed by atoms with E-state index in [2.05, 4.69) is 25.3 Å².